The molecule has 1 aliphatic heterocycles. The maximum Gasteiger partial charge on any atom is 0.204 e. The predicted octanol–water partition coefficient (Wildman–Crippen LogP) is 2.00. The molecule has 1 atom stereocenters. The van der Waals surface area contributed by atoms with Gasteiger partial charge in [0.2, 0.25) is 5.78 Å². The topological polar surface area (TPSA) is 46.2 Å². The van der Waals surface area contributed by atoms with Gasteiger partial charge in [-0.05, 0) is 22.0 Å². The van der Waals surface area contributed by atoms with E-state index in [2.05, 4.69) is 21.2 Å². The van der Waals surface area contributed by atoms with E-state index in [0.29, 0.717) is 0 Å². The quantitative estimate of drug-likeness (QED) is 0.515. The molecule has 6 heteroatoms. The third-order valence-electron chi connectivity index (χ3n) is 2.50. The molecule has 1 unspecified atom stereocenters. The van der Waals surface area contributed by atoms with Gasteiger partial charge in [-0.15, -0.1) is 0 Å². The number of nitrogens with one attached hydrogen (secondary N) is 1. The van der Waals surface area contributed by atoms with Crippen LogP contribution in [0.2, 0.25) is 0 Å². The van der Waals surface area contributed by atoms with Crippen LogP contribution in [0.3, 0.4) is 0 Å². The zero-order chi connectivity index (χ0) is 11.9. The van der Waals surface area contributed by atoms with Crippen LogP contribution in [0.4, 0.5) is 14.5 Å². The van der Waals surface area contributed by atoms with Gasteiger partial charge in [-0.25, -0.2) is 8.78 Å². The first-order valence-electron chi connectivity index (χ1n) is 4.46. The number of carbonyl (C=O) groups is 2. The van der Waals surface area contributed by atoms with Crippen LogP contribution < -0.4 is 5.32 Å². The Morgan fingerprint density at radius 3 is 2.88 bits per heavy atom. The molecule has 1 aliphatic rings. The number of anilines is 1. The molecule has 84 valence electrons. The Balaban J connectivity index is 2.59. The van der Waals surface area contributed by atoms with Crippen LogP contribution in [-0.2, 0) is 9.59 Å². The summed E-state index contributed by atoms with van der Waals surface area (Å²) in [6, 6.07) is 0.951. The van der Waals surface area contributed by atoms with Gasteiger partial charge in [-0.1, -0.05) is 0 Å². The third kappa shape index (κ3) is 1.53. The predicted molar refractivity (Wildman–Crippen MR) is 56.4 cm³/mol. The van der Waals surface area contributed by atoms with Crippen LogP contribution >= 0.6 is 15.9 Å². The fraction of sp³-hybridized carbons (Fsp3) is 0.200. The molecule has 0 saturated heterocycles. The maximum absolute atomic E-state index is 13.6. The van der Waals surface area contributed by atoms with Crippen molar-refractivity contribution in [3.05, 3.63) is 27.7 Å². The lowest BCUT2D eigenvalue weighted by molar-refractivity contribution is -0.130. The van der Waals surface area contributed by atoms with Crippen LogP contribution in [0.5, 0.6) is 0 Å². The molecule has 0 amide bonds. The Labute approximate surface area is 98.0 Å². The lowest BCUT2D eigenvalue weighted by Gasteiger charge is -2.07. The van der Waals surface area contributed by atoms with Crippen LogP contribution in [0.15, 0.2) is 10.5 Å². The number of ketones is 1. The summed E-state index contributed by atoms with van der Waals surface area (Å²) in [6.45, 7) is 0.0389. The van der Waals surface area contributed by atoms with E-state index in [1.165, 1.54) is 0 Å². The van der Waals surface area contributed by atoms with Gasteiger partial charge in [0.25, 0.3) is 0 Å². The summed E-state index contributed by atoms with van der Waals surface area (Å²) < 4.78 is 27.1. The highest BCUT2D eigenvalue weighted by molar-refractivity contribution is 9.10. The summed E-state index contributed by atoms with van der Waals surface area (Å²) in [5.74, 6) is -3.05. The molecule has 0 radical (unpaired) electrons. The second-order valence-electron chi connectivity index (χ2n) is 3.40. The van der Waals surface area contributed by atoms with Crippen LogP contribution in [0, 0.1) is 11.6 Å². The van der Waals surface area contributed by atoms with Crippen molar-refractivity contribution in [2.75, 3.05) is 11.9 Å². The fourth-order valence-electron chi connectivity index (χ4n) is 1.75. The van der Waals surface area contributed by atoms with E-state index in [9.17, 15) is 18.4 Å². The van der Waals surface area contributed by atoms with Gasteiger partial charge in [-0.3, -0.25) is 9.59 Å². The molecule has 0 bridgehead atoms. The van der Waals surface area contributed by atoms with Crippen molar-refractivity contribution in [3.8, 4) is 0 Å². The molecule has 0 aliphatic carbocycles. The highest BCUT2D eigenvalue weighted by atomic mass is 79.9. The average molecular weight is 290 g/mol. The summed E-state index contributed by atoms with van der Waals surface area (Å²) in [5, 5.41) is 2.59. The highest BCUT2D eigenvalue weighted by Crippen LogP contribution is 2.38. The first kappa shape index (κ1) is 11.2. The smallest absolute Gasteiger partial charge is 0.204 e. The maximum atomic E-state index is 13.6. The Morgan fingerprint density at radius 1 is 1.56 bits per heavy atom. The minimum Gasteiger partial charge on any atom is -0.381 e. The molecule has 3 nitrogen and oxygen atoms in total. The number of Topliss-reactive ketones (excluding diaryl/α,β-unsaturated/α-hetero) is 1. The number of carbonyl (C=O) groups excluding carboxylic acids is 2. The molecule has 1 heterocycles. The van der Waals surface area contributed by atoms with E-state index in [1.54, 1.807) is 0 Å². The molecular formula is C10H6BrF2NO2. The zero-order valence-corrected chi connectivity index (χ0v) is 9.48. The van der Waals surface area contributed by atoms with Crippen molar-refractivity contribution >= 4 is 33.7 Å². The van der Waals surface area contributed by atoms with Crippen LogP contribution in [0.25, 0.3) is 0 Å². The Morgan fingerprint density at radius 2 is 2.25 bits per heavy atom. The van der Waals surface area contributed by atoms with Gasteiger partial charge in [-0.2, -0.15) is 0 Å². The van der Waals surface area contributed by atoms with Crippen molar-refractivity contribution in [1.82, 2.24) is 0 Å². The van der Waals surface area contributed by atoms with Crippen molar-refractivity contribution in [2.24, 2.45) is 0 Å². The number of benzene rings is 1. The van der Waals surface area contributed by atoms with Crippen LogP contribution in [0.1, 0.15) is 11.5 Å². The standard InChI is InChI=1S/C10H6BrF2NO2/c11-5-1-6(12)8-4(7(16)3-15)2-14-10(8)9(5)13/h1,3-4,14H,2H2. The van der Waals surface area contributed by atoms with Crippen molar-refractivity contribution in [2.45, 2.75) is 5.92 Å². The van der Waals surface area contributed by atoms with E-state index in [4.69, 9.17) is 0 Å². The number of fused-ring (bicyclic) bond motifs is 1. The summed E-state index contributed by atoms with van der Waals surface area (Å²) >= 11 is 2.86. The van der Waals surface area contributed by atoms with Gasteiger partial charge >= 0.3 is 0 Å². The van der Waals surface area contributed by atoms with E-state index < -0.39 is 23.3 Å². The van der Waals surface area contributed by atoms with Crippen molar-refractivity contribution in [1.29, 1.82) is 0 Å². The van der Waals surface area contributed by atoms with E-state index in [0.717, 1.165) is 6.07 Å². The van der Waals surface area contributed by atoms with E-state index in [1.807, 2.05) is 0 Å². The lowest BCUT2D eigenvalue weighted by atomic mass is 9.97. The molecule has 0 saturated carbocycles. The molecule has 0 fully saturated rings. The van der Waals surface area contributed by atoms with Gasteiger partial charge in [0, 0.05) is 12.1 Å². The van der Waals surface area contributed by atoms with Crippen LogP contribution in [-0.4, -0.2) is 18.6 Å². The number of halogens is 3. The van der Waals surface area contributed by atoms with Gasteiger partial charge in [0.05, 0.1) is 16.1 Å². The van der Waals surface area contributed by atoms with Gasteiger partial charge in [0.1, 0.15) is 5.82 Å². The monoisotopic (exact) mass is 289 g/mol. The van der Waals surface area contributed by atoms with E-state index in [-0.39, 0.29) is 28.6 Å². The fourth-order valence-corrected chi connectivity index (χ4v) is 2.15. The Bertz CT molecular complexity index is 490. The van der Waals surface area contributed by atoms with Crippen molar-refractivity contribution < 1.29 is 18.4 Å². The summed E-state index contributed by atoms with van der Waals surface area (Å²) in [4.78, 5) is 21.6. The second kappa shape index (κ2) is 3.93. The van der Waals surface area contributed by atoms with Gasteiger partial charge in [0.15, 0.2) is 12.1 Å². The normalized spacial score (nSPS) is 17.8. The first-order chi connectivity index (χ1) is 7.56. The first-order valence-corrected chi connectivity index (χ1v) is 5.25. The average Bonchev–Trinajstić information content (AvgIpc) is 2.70. The molecule has 1 N–H and O–H groups in total. The number of hydrogen-bond donors (Lipinski definition) is 1. The highest BCUT2D eigenvalue weighted by Gasteiger charge is 2.34. The molecule has 2 rings (SSSR count). The SMILES string of the molecule is O=CC(=O)C1CNc2c(F)c(Br)cc(F)c21. The largest absolute Gasteiger partial charge is 0.381 e. The molecule has 0 aromatic heterocycles. The summed E-state index contributed by atoms with van der Waals surface area (Å²) in [7, 11) is 0. The molecule has 16 heavy (non-hydrogen) atoms. The summed E-state index contributed by atoms with van der Waals surface area (Å²) in [6.07, 6.45) is 0.126. The zero-order valence-electron chi connectivity index (χ0n) is 7.89. The Hall–Kier alpha value is -1.30. The van der Waals surface area contributed by atoms with Crippen molar-refractivity contribution in [3.63, 3.8) is 0 Å². The molecular weight excluding hydrogens is 284 g/mol. The summed E-state index contributed by atoms with van der Waals surface area (Å²) in [5.41, 5.74) is -0.120. The number of rotatable bonds is 2. The third-order valence-corrected chi connectivity index (χ3v) is 3.08. The lowest BCUT2D eigenvalue weighted by Crippen LogP contribution is -2.16. The Kier molecular flexibility index (Phi) is 2.75. The minimum atomic E-state index is -0.935. The molecule has 0 spiro atoms. The van der Waals surface area contributed by atoms with Gasteiger partial charge < -0.3 is 5.32 Å². The number of aldehydes is 1. The molecule has 1 aromatic carbocycles. The van der Waals surface area contributed by atoms with E-state index >= 15 is 0 Å². The second-order valence-corrected chi connectivity index (χ2v) is 4.25. The number of hydrogen-bond acceptors (Lipinski definition) is 3. The minimum absolute atomic E-state index is 0.0181. The molecule has 1 aromatic rings.